The minimum Gasteiger partial charge on any atom is -0.486 e. The van der Waals surface area contributed by atoms with E-state index in [4.69, 9.17) is 9.47 Å². The van der Waals surface area contributed by atoms with Gasteiger partial charge in [-0.15, -0.1) is 0 Å². The molecule has 1 aromatic carbocycles. The molecule has 1 saturated carbocycles. The van der Waals surface area contributed by atoms with Crippen LogP contribution in [0.1, 0.15) is 25.7 Å². The number of carbonyl (C=O) groups is 2. The lowest BCUT2D eigenvalue weighted by molar-refractivity contribution is -0.130. The zero-order chi connectivity index (χ0) is 18.8. The van der Waals surface area contributed by atoms with Crippen molar-refractivity contribution in [3.05, 3.63) is 24.3 Å². The summed E-state index contributed by atoms with van der Waals surface area (Å²) >= 11 is 0. The summed E-state index contributed by atoms with van der Waals surface area (Å²) in [4.78, 5) is 24.7. The van der Waals surface area contributed by atoms with Crippen LogP contribution in [0.3, 0.4) is 0 Å². The summed E-state index contributed by atoms with van der Waals surface area (Å²) in [5.74, 6) is 1.50. The van der Waals surface area contributed by atoms with Crippen LogP contribution in [0.25, 0.3) is 0 Å². The number of fused-ring (bicyclic) bond motifs is 1. The average Bonchev–Trinajstić information content (AvgIpc) is 2.71. The van der Waals surface area contributed by atoms with Crippen molar-refractivity contribution in [3.63, 3.8) is 0 Å². The number of likely N-dealkylation sites (N-methyl/N-ethyl adjacent to an activating group) is 1. The smallest absolute Gasteiger partial charge is 0.368 e. The molecular formula is C19H24N4O4. The standard InChI is InChI=1S/C19H24N4O4/c1-23-18(24)17(21-22-19(23)25)12-6-8-13(9-7-12)20-10-14-11-26-15-4-2-3-5-16(15)27-14/h2-5,12-14,17,20H,6-11H2,1H3. The maximum Gasteiger partial charge on any atom is 0.368 e. The van der Waals surface area contributed by atoms with Gasteiger partial charge in [-0.25, -0.2) is 4.79 Å². The van der Waals surface area contributed by atoms with E-state index in [0.29, 0.717) is 12.6 Å². The number of hydrogen-bond acceptors (Lipinski definition) is 6. The van der Waals surface area contributed by atoms with Crippen LogP contribution in [0.4, 0.5) is 4.79 Å². The minimum atomic E-state index is -0.581. The van der Waals surface area contributed by atoms with Gasteiger partial charge in [0.05, 0.1) is 0 Å². The van der Waals surface area contributed by atoms with Crippen molar-refractivity contribution in [2.75, 3.05) is 20.2 Å². The number of benzene rings is 1. The molecule has 2 unspecified atom stereocenters. The van der Waals surface area contributed by atoms with Crippen LogP contribution in [0, 0.1) is 5.92 Å². The highest BCUT2D eigenvalue weighted by atomic mass is 16.6. The van der Waals surface area contributed by atoms with Crippen molar-refractivity contribution in [2.24, 2.45) is 16.1 Å². The third-order valence-electron chi connectivity index (χ3n) is 5.56. The van der Waals surface area contributed by atoms with Gasteiger partial charge in [-0.3, -0.25) is 9.69 Å². The average molecular weight is 372 g/mol. The Labute approximate surface area is 157 Å². The Kier molecular flexibility index (Phi) is 5.07. The van der Waals surface area contributed by atoms with Gasteiger partial charge in [-0.1, -0.05) is 17.2 Å². The Bertz CT molecular complexity index is 745. The number of carbonyl (C=O) groups excluding carboxylic acids is 2. The van der Waals surface area contributed by atoms with Crippen molar-refractivity contribution in [1.82, 2.24) is 10.2 Å². The van der Waals surface area contributed by atoms with Crippen molar-refractivity contribution < 1.29 is 19.1 Å². The predicted octanol–water partition coefficient (Wildman–Crippen LogP) is 2.39. The number of nitrogens with zero attached hydrogens (tertiary/aromatic N) is 3. The molecule has 0 radical (unpaired) electrons. The van der Waals surface area contributed by atoms with E-state index < -0.39 is 12.1 Å². The number of amides is 3. The number of urea groups is 1. The van der Waals surface area contributed by atoms with Gasteiger partial charge >= 0.3 is 6.03 Å². The molecule has 27 heavy (non-hydrogen) atoms. The van der Waals surface area contributed by atoms with E-state index in [0.717, 1.165) is 48.6 Å². The SMILES string of the molecule is CN1C(=O)N=NC(C2CCC(NCC3COc4ccccc4O3)CC2)C1=O. The quantitative estimate of drug-likeness (QED) is 0.876. The summed E-state index contributed by atoms with van der Waals surface area (Å²) in [6.45, 7) is 1.26. The zero-order valence-electron chi connectivity index (χ0n) is 15.3. The molecule has 1 aromatic rings. The molecule has 0 aromatic heterocycles. The first-order chi connectivity index (χ1) is 13.1. The van der Waals surface area contributed by atoms with E-state index >= 15 is 0 Å². The maximum atomic E-state index is 12.3. The summed E-state index contributed by atoms with van der Waals surface area (Å²) in [7, 11) is 1.47. The van der Waals surface area contributed by atoms with Crippen molar-refractivity contribution in [2.45, 2.75) is 43.9 Å². The van der Waals surface area contributed by atoms with Gasteiger partial charge in [0, 0.05) is 19.6 Å². The number of azo groups is 1. The molecule has 2 aliphatic heterocycles. The van der Waals surface area contributed by atoms with E-state index in [9.17, 15) is 9.59 Å². The van der Waals surface area contributed by atoms with Gasteiger partial charge in [0.15, 0.2) is 17.5 Å². The topological polar surface area (TPSA) is 92.6 Å². The molecule has 1 fully saturated rings. The molecular weight excluding hydrogens is 348 g/mol. The van der Waals surface area contributed by atoms with Crippen molar-refractivity contribution in [1.29, 1.82) is 0 Å². The highest BCUT2D eigenvalue weighted by molar-refractivity contribution is 5.98. The molecule has 0 saturated heterocycles. The maximum absolute atomic E-state index is 12.3. The molecule has 0 spiro atoms. The van der Waals surface area contributed by atoms with E-state index in [2.05, 4.69) is 15.5 Å². The first kappa shape index (κ1) is 17.9. The predicted molar refractivity (Wildman–Crippen MR) is 96.9 cm³/mol. The molecule has 2 atom stereocenters. The lowest BCUT2D eigenvalue weighted by atomic mass is 9.81. The third kappa shape index (κ3) is 3.80. The number of imide groups is 1. The van der Waals surface area contributed by atoms with E-state index in [1.807, 2.05) is 24.3 Å². The fraction of sp³-hybridized carbons (Fsp3) is 0.579. The summed E-state index contributed by atoms with van der Waals surface area (Å²) < 4.78 is 11.7. The summed E-state index contributed by atoms with van der Waals surface area (Å²) in [6, 6.07) is 7.00. The second-order valence-corrected chi connectivity index (χ2v) is 7.36. The third-order valence-corrected chi connectivity index (χ3v) is 5.56. The first-order valence-electron chi connectivity index (χ1n) is 9.46. The minimum absolute atomic E-state index is 0.00833. The zero-order valence-corrected chi connectivity index (χ0v) is 15.3. The summed E-state index contributed by atoms with van der Waals surface area (Å²) in [5, 5.41) is 11.1. The highest BCUT2D eigenvalue weighted by Crippen LogP contribution is 2.32. The van der Waals surface area contributed by atoms with Gasteiger partial charge in [-0.2, -0.15) is 5.11 Å². The van der Waals surface area contributed by atoms with Gasteiger partial charge < -0.3 is 14.8 Å². The largest absolute Gasteiger partial charge is 0.486 e. The van der Waals surface area contributed by atoms with Crippen LogP contribution in [-0.2, 0) is 4.79 Å². The molecule has 2 heterocycles. The second kappa shape index (κ2) is 7.64. The molecule has 1 N–H and O–H groups in total. The van der Waals surface area contributed by atoms with Crippen LogP contribution >= 0.6 is 0 Å². The number of para-hydroxylation sites is 2. The normalized spacial score (nSPS) is 30.5. The number of hydrogen-bond donors (Lipinski definition) is 1. The molecule has 144 valence electrons. The van der Waals surface area contributed by atoms with Gasteiger partial charge in [0.1, 0.15) is 12.7 Å². The molecule has 0 bridgehead atoms. The number of nitrogens with one attached hydrogen (secondary N) is 1. The monoisotopic (exact) mass is 372 g/mol. The Hall–Kier alpha value is -2.48. The molecule has 8 nitrogen and oxygen atoms in total. The fourth-order valence-electron chi connectivity index (χ4n) is 3.92. The van der Waals surface area contributed by atoms with Crippen LogP contribution in [0.2, 0.25) is 0 Å². The molecule has 1 aliphatic carbocycles. The Morgan fingerprint density at radius 1 is 1.15 bits per heavy atom. The van der Waals surface area contributed by atoms with Gasteiger partial charge in [-0.05, 0) is 43.7 Å². The lowest BCUT2D eigenvalue weighted by Gasteiger charge is -2.34. The Balaban J connectivity index is 1.24. The van der Waals surface area contributed by atoms with Crippen LogP contribution in [0.15, 0.2) is 34.5 Å². The fourth-order valence-corrected chi connectivity index (χ4v) is 3.92. The van der Waals surface area contributed by atoms with E-state index in [1.54, 1.807) is 0 Å². The lowest BCUT2D eigenvalue weighted by Crippen LogP contribution is -2.47. The van der Waals surface area contributed by atoms with E-state index in [-0.39, 0.29) is 17.9 Å². The first-order valence-corrected chi connectivity index (χ1v) is 9.46. The molecule has 4 rings (SSSR count). The molecule has 3 amide bonds. The molecule has 3 aliphatic rings. The van der Waals surface area contributed by atoms with Crippen LogP contribution in [0.5, 0.6) is 11.5 Å². The molecule has 8 heteroatoms. The summed E-state index contributed by atoms with van der Waals surface area (Å²) in [6.07, 6.45) is 3.70. The van der Waals surface area contributed by atoms with Crippen LogP contribution < -0.4 is 14.8 Å². The summed E-state index contributed by atoms with van der Waals surface area (Å²) in [5.41, 5.74) is 0. The second-order valence-electron chi connectivity index (χ2n) is 7.36. The Morgan fingerprint density at radius 2 is 1.89 bits per heavy atom. The van der Waals surface area contributed by atoms with Gasteiger partial charge in [0.2, 0.25) is 0 Å². The van der Waals surface area contributed by atoms with Crippen LogP contribution in [-0.4, -0.2) is 55.2 Å². The Morgan fingerprint density at radius 3 is 2.67 bits per heavy atom. The van der Waals surface area contributed by atoms with E-state index in [1.165, 1.54) is 7.05 Å². The van der Waals surface area contributed by atoms with Crippen molar-refractivity contribution in [3.8, 4) is 11.5 Å². The highest BCUT2D eigenvalue weighted by Gasteiger charge is 2.38. The number of rotatable bonds is 4. The number of ether oxygens (including phenoxy) is 2. The van der Waals surface area contributed by atoms with Crippen molar-refractivity contribution >= 4 is 11.9 Å². The van der Waals surface area contributed by atoms with Gasteiger partial charge in [0.25, 0.3) is 5.91 Å².